The van der Waals surface area contributed by atoms with E-state index in [1.54, 1.807) is 26.0 Å². The zero-order valence-electron chi connectivity index (χ0n) is 14.7. The van der Waals surface area contributed by atoms with Gasteiger partial charge in [-0.2, -0.15) is 0 Å². The molecule has 0 saturated heterocycles. The van der Waals surface area contributed by atoms with Crippen molar-refractivity contribution in [2.24, 2.45) is 0 Å². The van der Waals surface area contributed by atoms with Crippen LogP contribution in [0, 0.1) is 10.1 Å². The highest BCUT2D eigenvalue weighted by molar-refractivity contribution is 6.03. The van der Waals surface area contributed by atoms with Gasteiger partial charge in [0.1, 0.15) is 0 Å². The Morgan fingerprint density at radius 2 is 2.15 bits per heavy atom. The molecule has 0 spiro atoms. The first kappa shape index (κ1) is 17.8. The molecule has 1 aromatic carbocycles. The minimum absolute atomic E-state index is 0.0374. The number of hydrogen-bond donors (Lipinski definition) is 1. The van der Waals surface area contributed by atoms with Crippen LogP contribution in [0.25, 0.3) is 0 Å². The third-order valence-corrected chi connectivity index (χ3v) is 4.69. The van der Waals surface area contributed by atoms with E-state index in [0.29, 0.717) is 35.2 Å². The van der Waals surface area contributed by atoms with Crippen molar-refractivity contribution in [2.45, 2.75) is 39.0 Å². The molecule has 1 N–H and O–H groups in total. The number of ether oxygens (including phenoxy) is 1. The van der Waals surface area contributed by atoms with E-state index < -0.39 is 16.8 Å². The number of esters is 1. The van der Waals surface area contributed by atoms with Gasteiger partial charge in [-0.15, -0.1) is 0 Å². The van der Waals surface area contributed by atoms with Gasteiger partial charge in [-0.3, -0.25) is 14.9 Å². The molecule has 0 saturated carbocycles. The van der Waals surface area contributed by atoms with Crippen LogP contribution >= 0.6 is 0 Å². The molecule has 1 heterocycles. The van der Waals surface area contributed by atoms with Crippen molar-refractivity contribution < 1.29 is 19.2 Å². The summed E-state index contributed by atoms with van der Waals surface area (Å²) in [5, 5.41) is 14.4. The number of benzene rings is 1. The van der Waals surface area contributed by atoms with Gasteiger partial charge in [-0.1, -0.05) is 12.1 Å². The van der Waals surface area contributed by atoms with Crippen LogP contribution in [0.3, 0.4) is 0 Å². The summed E-state index contributed by atoms with van der Waals surface area (Å²) in [4.78, 5) is 36.0. The highest BCUT2D eigenvalue weighted by Gasteiger charge is 2.39. The summed E-state index contributed by atoms with van der Waals surface area (Å²) in [5.74, 6) is -1.21. The first-order valence-corrected chi connectivity index (χ1v) is 8.59. The van der Waals surface area contributed by atoms with Gasteiger partial charge < -0.3 is 10.1 Å². The summed E-state index contributed by atoms with van der Waals surface area (Å²) in [7, 11) is 0. The molecular weight excluding hydrogens is 336 g/mol. The van der Waals surface area contributed by atoms with Crippen molar-refractivity contribution in [3.8, 4) is 0 Å². The van der Waals surface area contributed by atoms with E-state index >= 15 is 0 Å². The first-order chi connectivity index (χ1) is 12.4. The maximum atomic E-state index is 12.7. The average Bonchev–Trinajstić information content (AvgIpc) is 2.61. The highest BCUT2D eigenvalue weighted by atomic mass is 16.6. The van der Waals surface area contributed by atoms with Crippen LogP contribution < -0.4 is 5.32 Å². The SMILES string of the molecule is CCOC(=O)C1=C(C)NC2=C(C(=O)CCC2)[C@H]1c1cccc([N+](=O)[O-])c1. The normalized spacial score (nSPS) is 19.8. The van der Waals surface area contributed by atoms with E-state index in [1.165, 1.54) is 12.1 Å². The number of allylic oxidation sites excluding steroid dienone is 3. The van der Waals surface area contributed by atoms with Crippen molar-refractivity contribution in [1.82, 2.24) is 5.32 Å². The van der Waals surface area contributed by atoms with Crippen LogP contribution in [0.1, 0.15) is 44.6 Å². The molecule has 0 amide bonds. The Morgan fingerprint density at radius 3 is 2.85 bits per heavy atom. The third kappa shape index (κ3) is 3.12. The fourth-order valence-corrected chi connectivity index (χ4v) is 3.61. The molecule has 1 aromatic rings. The Labute approximate surface area is 150 Å². The summed E-state index contributed by atoms with van der Waals surface area (Å²) < 4.78 is 5.19. The summed E-state index contributed by atoms with van der Waals surface area (Å²) >= 11 is 0. The molecule has 1 aliphatic heterocycles. The molecule has 1 aliphatic carbocycles. The van der Waals surface area contributed by atoms with E-state index in [1.807, 2.05) is 0 Å². The number of ketones is 1. The van der Waals surface area contributed by atoms with Gasteiger partial charge in [0.2, 0.25) is 0 Å². The van der Waals surface area contributed by atoms with Gasteiger partial charge >= 0.3 is 5.97 Å². The lowest BCUT2D eigenvalue weighted by molar-refractivity contribution is -0.384. The average molecular weight is 356 g/mol. The molecule has 0 bridgehead atoms. The number of nitrogens with one attached hydrogen (secondary N) is 1. The van der Waals surface area contributed by atoms with Crippen LogP contribution in [0.15, 0.2) is 46.8 Å². The highest BCUT2D eigenvalue weighted by Crippen LogP contribution is 2.43. The topological polar surface area (TPSA) is 98.5 Å². The van der Waals surface area contributed by atoms with Crippen molar-refractivity contribution in [2.75, 3.05) is 6.61 Å². The molecule has 3 rings (SSSR count). The van der Waals surface area contributed by atoms with Crippen molar-refractivity contribution in [3.05, 3.63) is 62.5 Å². The molecular formula is C19H20N2O5. The molecule has 0 aromatic heterocycles. The standard InChI is InChI=1S/C19H20N2O5/c1-3-26-19(23)16-11(2)20-14-8-5-9-15(22)18(14)17(16)12-6-4-7-13(10-12)21(24)25/h4,6-7,10,17,20H,3,5,8-9H2,1-2H3/t17-/m0/s1. The molecule has 0 fully saturated rings. The zero-order valence-corrected chi connectivity index (χ0v) is 14.7. The molecule has 7 heteroatoms. The molecule has 2 aliphatic rings. The van der Waals surface area contributed by atoms with E-state index in [4.69, 9.17) is 4.74 Å². The Kier molecular flexibility index (Phi) is 4.88. The lowest BCUT2D eigenvalue weighted by Crippen LogP contribution is -2.34. The van der Waals surface area contributed by atoms with E-state index in [2.05, 4.69) is 5.32 Å². The lowest BCUT2D eigenvalue weighted by Gasteiger charge is -2.34. The second-order valence-electron chi connectivity index (χ2n) is 6.34. The molecule has 26 heavy (non-hydrogen) atoms. The van der Waals surface area contributed by atoms with Gasteiger partial charge in [0.05, 0.1) is 17.1 Å². The number of Topliss-reactive ketones (excluding diaryl/α,β-unsaturated/α-hetero) is 1. The second kappa shape index (κ2) is 7.11. The summed E-state index contributed by atoms with van der Waals surface area (Å²) in [6.07, 6.45) is 1.86. The van der Waals surface area contributed by atoms with Gasteiger partial charge in [-0.25, -0.2) is 4.79 Å². The number of nitro benzene ring substituents is 1. The first-order valence-electron chi connectivity index (χ1n) is 8.59. The van der Waals surface area contributed by atoms with E-state index in [9.17, 15) is 19.7 Å². The quantitative estimate of drug-likeness (QED) is 0.505. The van der Waals surface area contributed by atoms with E-state index in [0.717, 1.165) is 12.1 Å². The summed E-state index contributed by atoms with van der Waals surface area (Å²) in [6.45, 7) is 3.68. The maximum absolute atomic E-state index is 12.7. The van der Waals surface area contributed by atoms with Crippen molar-refractivity contribution in [3.63, 3.8) is 0 Å². The zero-order chi connectivity index (χ0) is 18.8. The molecule has 0 unspecified atom stereocenters. The monoisotopic (exact) mass is 356 g/mol. The van der Waals surface area contributed by atoms with E-state index in [-0.39, 0.29) is 18.1 Å². The predicted molar refractivity (Wildman–Crippen MR) is 94.2 cm³/mol. The Balaban J connectivity index is 2.19. The van der Waals surface area contributed by atoms with Crippen LogP contribution in [-0.2, 0) is 14.3 Å². The maximum Gasteiger partial charge on any atom is 0.336 e. The van der Waals surface area contributed by atoms with Crippen molar-refractivity contribution >= 4 is 17.4 Å². The Hall–Kier alpha value is -2.96. The number of nitrogens with zero attached hydrogens (tertiary/aromatic N) is 1. The number of rotatable bonds is 4. The van der Waals surface area contributed by atoms with Gasteiger partial charge in [0.15, 0.2) is 5.78 Å². The minimum atomic E-state index is -0.655. The van der Waals surface area contributed by atoms with Crippen LogP contribution in [0.2, 0.25) is 0 Å². The Morgan fingerprint density at radius 1 is 1.38 bits per heavy atom. The lowest BCUT2D eigenvalue weighted by atomic mass is 9.75. The van der Waals surface area contributed by atoms with Gasteiger partial charge in [0.25, 0.3) is 5.69 Å². The molecule has 7 nitrogen and oxygen atoms in total. The fraction of sp³-hybridized carbons (Fsp3) is 0.368. The summed E-state index contributed by atoms with van der Waals surface area (Å²) in [5.41, 5.74) is 2.74. The number of non-ortho nitro benzene ring substituents is 1. The number of carbonyl (C=O) groups is 2. The van der Waals surface area contributed by atoms with Gasteiger partial charge in [0, 0.05) is 41.4 Å². The molecule has 1 atom stereocenters. The van der Waals surface area contributed by atoms with Crippen molar-refractivity contribution in [1.29, 1.82) is 0 Å². The molecule has 136 valence electrons. The minimum Gasteiger partial charge on any atom is -0.463 e. The fourth-order valence-electron chi connectivity index (χ4n) is 3.61. The number of dihydropyridines is 1. The second-order valence-corrected chi connectivity index (χ2v) is 6.34. The predicted octanol–water partition coefficient (Wildman–Crippen LogP) is 3.13. The number of hydrogen-bond acceptors (Lipinski definition) is 6. The number of carbonyl (C=O) groups excluding carboxylic acids is 2. The number of nitro groups is 1. The van der Waals surface area contributed by atoms with Gasteiger partial charge in [-0.05, 0) is 32.3 Å². The third-order valence-electron chi connectivity index (χ3n) is 4.69. The van der Waals surface area contributed by atoms with Crippen LogP contribution in [-0.4, -0.2) is 23.3 Å². The van der Waals surface area contributed by atoms with Crippen LogP contribution in [0.5, 0.6) is 0 Å². The summed E-state index contributed by atoms with van der Waals surface area (Å²) in [6, 6.07) is 6.10. The smallest absolute Gasteiger partial charge is 0.336 e. The Bertz CT molecular complexity index is 853. The van der Waals surface area contributed by atoms with Crippen LogP contribution in [0.4, 0.5) is 5.69 Å². The molecule has 0 radical (unpaired) electrons. The largest absolute Gasteiger partial charge is 0.463 e.